The van der Waals surface area contributed by atoms with Crippen LogP contribution in [0.5, 0.6) is 5.75 Å². The van der Waals surface area contributed by atoms with Crippen molar-refractivity contribution in [1.29, 1.82) is 0 Å². The highest BCUT2D eigenvalue weighted by molar-refractivity contribution is 6.32. The van der Waals surface area contributed by atoms with E-state index in [0.717, 1.165) is 11.1 Å². The number of hydrogen-bond acceptors (Lipinski definition) is 2. The number of carboxylic acids is 1. The molecule has 0 spiro atoms. The topological polar surface area (TPSA) is 46.5 Å². The molecule has 0 saturated heterocycles. The second-order valence-electron chi connectivity index (χ2n) is 4.87. The van der Waals surface area contributed by atoms with Crippen LogP contribution in [0.1, 0.15) is 23.5 Å². The van der Waals surface area contributed by atoms with Gasteiger partial charge >= 0.3 is 5.97 Å². The first-order chi connectivity index (χ1) is 10.1. The summed E-state index contributed by atoms with van der Waals surface area (Å²) in [7, 11) is 0. The van der Waals surface area contributed by atoms with Crippen LogP contribution in [0.3, 0.4) is 0 Å². The van der Waals surface area contributed by atoms with Gasteiger partial charge in [0.15, 0.2) is 0 Å². The van der Waals surface area contributed by atoms with Crippen molar-refractivity contribution in [2.75, 3.05) is 6.61 Å². The first-order valence-electron chi connectivity index (χ1n) is 6.74. The number of halogens is 1. The molecule has 0 saturated carbocycles. The second-order valence-corrected chi connectivity index (χ2v) is 5.28. The molecule has 3 nitrogen and oxygen atoms in total. The summed E-state index contributed by atoms with van der Waals surface area (Å²) in [6, 6.07) is 14.7. The van der Waals surface area contributed by atoms with Gasteiger partial charge in [0.2, 0.25) is 0 Å². The molecule has 2 rings (SSSR count). The maximum absolute atomic E-state index is 11.4. The van der Waals surface area contributed by atoms with E-state index in [-0.39, 0.29) is 0 Å². The van der Waals surface area contributed by atoms with Gasteiger partial charge in [0, 0.05) is 0 Å². The van der Waals surface area contributed by atoms with E-state index in [0.29, 0.717) is 23.8 Å². The van der Waals surface area contributed by atoms with Crippen LogP contribution in [0.25, 0.3) is 0 Å². The molecule has 0 aliphatic rings. The van der Waals surface area contributed by atoms with Crippen molar-refractivity contribution < 1.29 is 14.6 Å². The molecule has 0 aliphatic carbocycles. The van der Waals surface area contributed by atoms with Crippen molar-refractivity contribution >= 4 is 17.6 Å². The Morgan fingerprint density at radius 3 is 2.62 bits per heavy atom. The monoisotopic (exact) mass is 304 g/mol. The van der Waals surface area contributed by atoms with E-state index < -0.39 is 11.9 Å². The SMILES string of the molecule is Cc1ccc(Cl)c(OCCC(C(=O)O)c2ccccc2)c1. The normalized spacial score (nSPS) is 11.9. The fraction of sp³-hybridized carbons (Fsp3) is 0.235. The van der Waals surface area contributed by atoms with Crippen LogP contribution in [0, 0.1) is 6.92 Å². The van der Waals surface area contributed by atoms with Crippen molar-refractivity contribution in [2.45, 2.75) is 19.3 Å². The lowest BCUT2D eigenvalue weighted by atomic mass is 9.96. The van der Waals surface area contributed by atoms with Gasteiger partial charge < -0.3 is 9.84 Å². The Hall–Kier alpha value is -2.00. The summed E-state index contributed by atoms with van der Waals surface area (Å²) in [5.74, 6) is -0.830. The molecule has 1 unspecified atom stereocenters. The summed E-state index contributed by atoms with van der Waals surface area (Å²) >= 11 is 6.05. The minimum atomic E-state index is -0.847. The predicted molar refractivity (Wildman–Crippen MR) is 83.1 cm³/mol. The number of hydrogen-bond donors (Lipinski definition) is 1. The number of aliphatic carboxylic acids is 1. The lowest BCUT2D eigenvalue weighted by Crippen LogP contribution is -2.15. The third-order valence-corrected chi connectivity index (χ3v) is 3.56. The minimum absolute atomic E-state index is 0.301. The van der Waals surface area contributed by atoms with Gasteiger partial charge in [-0.05, 0) is 36.6 Å². The van der Waals surface area contributed by atoms with Crippen molar-refractivity contribution in [3.05, 3.63) is 64.7 Å². The minimum Gasteiger partial charge on any atom is -0.492 e. The van der Waals surface area contributed by atoms with Gasteiger partial charge in [0.1, 0.15) is 5.75 Å². The second kappa shape index (κ2) is 7.14. The molecule has 2 aromatic carbocycles. The quantitative estimate of drug-likeness (QED) is 0.866. The van der Waals surface area contributed by atoms with Gasteiger partial charge in [-0.15, -0.1) is 0 Å². The third-order valence-electron chi connectivity index (χ3n) is 3.25. The van der Waals surface area contributed by atoms with Gasteiger partial charge in [-0.1, -0.05) is 48.0 Å². The fourth-order valence-electron chi connectivity index (χ4n) is 2.13. The van der Waals surface area contributed by atoms with Gasteiger partial charge in [-0.2, -0.15) is 0 Å². The smallest absolute Gasteiger partial charge is 0.311 e. The Morgan fingerprint density at radius 2 is 1.95 bits per heavy atom. The van der Waals surface area contributed by atoms with Crippen molar-refractivity contribution in [3.63, 3.8) is 0 Å². The van der Waals surface area contributed by atoms with Crippen LogP contribution in [0.15, 0.2) is 48.5 Å². The van der Waals surface area contributed by atoms with Gasteiger partial charge in [0.05, 0.1) is 17.5 Å². The van der Waals surface area contributed by atoms with Crippen molar-refractivity contribution in [1.82, 2.24) is 0 Å². The molecule has 0 radical (unpaired) electrons. The molecular formula is C17H17ClO3. The number of carbonyl (C=O) groups is 1. The molecule has 4 heteroatoms. The van der Waals surface area contributed by atoms with Crippen LogP contribution in [-0.4, -0.2) is 17.7 Å². The molecule has 0 aromatic heterocycles. The molecule has 0 fully saturated rings. The largest absolute Gasteiger partial charge is 0.492 e. The van der Waals surface area contributed by atoms with E-state index in [1.54, 1.807) is 6.07 Å². The average Bonchev–Trinajstić information content (AvgIpc) is 2.47. The zero-order chi connectivity index (χ0) is 15.2. The number of rotatable bonds is 6. The van der Waals surface area contributed by atoms with E-state index in [2.05, 4.69) is 0 Å². The molecule has 2 aromatic rings. The summed E-state index contributed by atoms with van der Waals surface area (Å²) < 4.78 is 5.62. The van der Waals surface area contributed by atoms with Crippen molar-refractivity contribution in [2.24, 2.45) is 0 Å². The zero-order valence-corrected chi connectivity index (χ0v) is 12.5. The number of aryl methyl sites for hydroxylation is 1. The van der Waals surface area contributed by atoms with Crippen molar-refractivity contribution in [3.8, 4) is 5.75 Å². The molecule has 0 amide bonds. The lowest BCUT2D eigenvalue weighted by molar-refractivity contribution is -0.139. The van der Waals surface area contributed by atoms with E-state index >= 15 is 0 Å². The van der Waals surface area contributed by atoms with Gasteiger partial charge in [-0.25, -0.2) is 0 Å². The highest BCUT2D eigenvalue weighted by Gasteiger charge is 2.19. The van der Waals surface area contributed by atoms with E-state index in [1.807, 2.05) is 49.4 Å². The molecule has 110 valence electrons. The predicted octanol–water partition coefficient (Wildman–Crippen LogP) is 4.29. The first kappa shape index (κ1) is 15.4. The molecule has 0 aliphatic heterocycles. The molecular weight excluding hydrogens is 288 g/mol. The Balaban J connectivity index is 2.00. The summed E-state index contributed by atoms with van der Waals surface area (Å²) in [6.45, 7) is 2.25. The molecule has 21 heavy (non-hydrogen) atoms. The summed E-state index contributed by atoms with van der Waals surface area (Å²) in [6.07, 6.45) is 0.392. The highest BCUT2D eigenvalue weighted by Crippen LogP contribution is 2.26. The maximum atomic E-state index is 11.4. The Kier molecular flexibility index (Phi) is 5.23. The van der Waals surface area contributed by atoms with E-state index in [1.165, 1.54) is 0 Å². The lowest BCUT2D eigenvalue weighted by Gasteiger charge is -2.14. The van der Waals surface area contributed by atoms with Gasteiger partial charge in [-0.3, -0.25) is 4.79 Å². The first-order valence-corrected chi connectivity index (χ1v) is 7.12. The van der Waals surface area contributed by atoms with Crippen LogP contribution in [-0.2, 0) is 4.79 Å². The maximum Gasteiger partial charge on any atom is 0.311 e. The summed E-state index contributed by atoms with van der Waals surface area (Å²) in [5, 5.41) is 9.88. The number of benzene rings is 2. The molecule has 0 bridgehead atoms. The molecule has 1 N–H and O–H groups in total. The van der Waals surface area contributed by atoms with E-state index in [4.69, 9.17) is 16.3 Å². The summed E-state index contributed by atoms with van der Waals surface area (Å²) in [4.78, 5) is 11.4. The Bertz CT molecular complexity index is 611. The molecule has 0 heterocycles. The van der Waals surface area contributed by atoms with Gasteiger partial charge in [0.25, 0.3) is 0 Å². The number of ether oxygens (including phenoxy) is 1. The standard InChI is InChI=1S/C17H17ClO3/c1-12-7-8-15(18)16(11-12)21-10-9-14(17(19)20)13-5-3-2-4-6-13/h2-8,11,14H,9-10H2,1H3,(H,19,20). The average molecular weight is 305 g/mol. The zero-order valence-electron chi connectivity index (χ0n) is 11.8. The highest BCUT2D eigenvalue weighted by atomic mass is 35.5. The third kappa shape index (κ3) is 4.23. The van der Waals surface area contributed by atoms with Crippen LogP contribution >= 0.6 is 11.6 Å². The van der Waals surface area contributed by atoms with Crippen LogP contribution in [0.2, 0.25) is 5.02 Å². The fourth-order valence-corrected chi connectivity index (χ4v) is 2.30. The Labute approximate surface area is 129 Å². The Morgan fingerprint density at radius 1 is 1.24 bits per heavy atom. The number of carboxylic acid groups (broad SMARTS) is 1. The van der Waals surface area contributed by atoms with Crippen LogP contribution < -0.4 is 4.74 Å². The van der Waals surface area contributed by atoms with Crippen LogP contribution in [0.4, 0.5) is 0 Å². The summed E-state index contributed by atoms with van der Waals surface area (Å²) in [5.41, 5.74) is 1.83. The molecule has 1 atom stereocenters. The van der Waals surface area contributed by atoms with E-state index in [9.17, 15) is 9.90 Å².